The monoisotopic (exact) mass is 283 g/mol. The summed E-state index contributed by atoms with van der Waals surface area (Å²) in [4.78, 5) is 17.7. The summed E-state index contributed by atoms with van der Waals surface area (Å²) >= 11 is 0. The Balaban J connectivity index is 1.78. The Morgan fingerprint density at radius 3 is 2.57 bits per heavy atom. The molecular weight excluding hydrogens is 270 g/mol. The fourth-order valence-corrected chi connectivity index (χ4v) is 2.22. The van der Waals surface area contributed by atoms with Gasteiger partial charge in [-0.2, -0.15) is 0 Å². The van der Waals surface area contributed by atoms with Crippen molar-refractivity contribution in [3.8, 4) is 0 Å². The van der Waals surface area contributed by atoms with Crippen molar-refractivity contribution in [2.24, 2.45) is 0 Å². The van der Waals surface area contributed by atoms with Crippen LogP contribution in [0.25, 0.3) is 11.0 Å². The van der Waals surface area contributed by atoms with E-state index in [1.807, 2.05) is 24.3 Å². The number of nitrogens with one attached hydrogen (secondary N) is 1. The van der Waals surface area contributed by atoms with Gasteiger partial charge in [-0.15, -0.1) is 0 Å². The quantitative estimate of drug-likeness (QED) is 0.569. The Labute approximate surface area is 120 Å². The average Bonchev–Trinajstić information content (AvgIpc) is 2.89. The number of aliphatic hydroxyl groups excluding tert-OH is 1. The minimum atomic E-state index is -0.758. The van der Waals surface area contributed by atoms with E-state index in [1.54, 1.807) is 12.1 Å². The normalized spacial score (nSPS) is 12.4. The molecule has 0 aliphatic rings. The molecule has 0 radical (unpaired) electrons. The molecule has 0 aliphatic carbocycles. The van der Waals surface area contributed by atoms with Gasteiger partial charge < -0.3 is 10.1 Å². The topological polar surface area (TPSA) is 92.1 Å². The number of H-pyrrole nitrogens is 1. The highest BCUT2D eigenvalue weighted by Crippen LogP contribution is 2.21. The number of hydrogen-bond acceptors (Lipinski definition) is 4. The van der Waals surface area contributed by atoms with Gasteiger partial charge in [-0.3, -0.25) is 10.1 Å². The number of non-ortho nitro benzene ring substituents is 1. The van der Waals surface area contributed by atoms with Gasteiger partial charge in [0.25, 0.3) is 5.69 Å². The SMILES string of the molecule is O=[N+]([O-])c1ccc(C(O)Cc2nc3ccccc3[nH]2)cc1. The van der Waals surface area contributed by atoms with Gasteiger partial charge in [-0.05, 0) is 29.8 Å². The molecule has 0 saturated carbocycles. The lowest BCUT2D eigenvalue weighted by molar-refractivity contribution is -0.384. The molecule has 106 valence electrons. The second kappa shape index (κ2) is 5.34. The molecule has 0 fully saturated rings. The molecular formula is C15H13N3O3. The van der Waals surface area contributed by atoms with E-state index < -0.39 is 11.0 Å². The average molecular weight is 283 g/mol. The third-order valence-corrected chi connectivity index (χ3v) is 3.31. The number of hydrogen-bond donors (Lipinski definition) is 2. The first-order valence-electron chi connectivity index (χ1n) is 6.49. The summed E-state index contributed by atoms with van der Waals surface area (Å²) < 4.78 is 0. The maximum absolute atomic E-state index is 10.6. The summed E-state index contributed by atoms with van der Waals surface area (Å²) in [7, 11) is 0. The summed E-state index contributed by atoms with van der Waals surface area (Å²) in [5.41, 5.74) is 2.41. The van der Waals surface area contributed by atoms with Crippen LogP contribution in [-0.4, -0.2) is 20.0 Å². The fourth-order valence-electron chi connectivity index (χ4n) is 2.22. The van der Waals surface area contributed by atoms with Gasteiger partial charge in [0, 0.05) is 18.6 Å². The van der Waals surface area contributed by atoms with Crippen LogP contribution < -0.4 is 0 Å². The van der Waals surface area contributed by atoms with Gasteiger partial charge >= 0.3 is 0 Å². The number of aromatic nitrogens is 2. The molecule has 0 bridgehead atoms. The molecule has 2 N–H and O–H groups in total. The van der Waals surface area contributed by atoms with Crippen molar-refractivity contribution >= 4 is 16.7 Å². The molecule has 0 aliphatic heterocycles. The van der Waals surface area contributed by atoms with Gasteiger partial charge in [0.15, 0.2) is 0 Å². The van der Waals surface area contributed by atoms with Crippen LogP contribution in [0.4, 0.5) is 5.69 Å². The third kappa shape index (κ3) is 2.75. The molecule has 0 spiro atoms. The zero-order valence-electron chi connectivity index (χ0n) is 11.1. The van der Waals surface area contributed by atoms with Crippen LogP contribution >= 0.6 is 0 Å². The fraction of sp³-hybridized carbons (Fsp3) is 0.133. The predicted octanol–water partition coefficient (Wildman–Crippen LogP) is 2.75. The van der Waals surface area contributed by atoms with E-state index in [0.717, 1.165) is 11.0 Å². The molecule has 1 heterocycles. The van der Waals surface area contributed by atoms with Crippen molar-refractivity contribution < 1.29 is 10.0 Å². The Hall–Kier alpha value is -2.73. The largest absolute Gasteiger partial charge is 0.388 e. The first kappa shape index (κ1) is 13.3. The van der Waals surface area contributed by atoms with Crippen LogP contribution in [0.3, 0.4) is 0 Å². The van der Waals surface area contributed by atoms with Gasteiger partial charge in [-0.25, -0.2) is 4.98 Å². The number of nitro groups is 1. The van der Waals surface area contributed by atoms with Gasteiger partial charge in [0.1, 0.15) is 5.82 Å². The standard InChI is InChI=1S/C15H13N3O3/c19-14(10-5-7-11(8-6-10)18(20)21)9-15-16-12-3-1-2-4-13(12)17-15/h1-8,14,19H,9H2,(H,16,17). The first-order valence-corrected chi connectivity index (χ1v) is 6.49. The molecule has 1 atom stereocenters. The lowest BCUT2D eigenvalue weighted by Crippen LogP contribution is -2.03. The summed E-state index contributed by atoms with van der Waals surface area (Å²) in [6, 6.07) is 13.5. The molecule has 0 amide bonds. The van der Waals surface area contributed by atoms with Crippen LogP contribution in [0, 0.1) is 10.1 Å². The Morgan fingerprint density at radius 1 is 1.19 bits per heavy atom. The molecule has 3 rings (SSSR count). The highest BCUT2D eigenvalue weighted by atomic mass is 16.6. The van der Waals surface area contributed by atoms with Gasteiger partial charge in [0.2, 0.25) is 0 Å². The van der Waals surface area contributed by atoms with Crippen molar-refractivity contribution in [3.63, 3.8) is 0 Å². The second-order valence-corrected chi connectivity index (χ2v) is 4.77. The first-order chi connectivity index (χ1) is 10.1. The van der Waals surface area contributed by atoms with Gasteiger partial charge in [0.05, 0.1) is 22.1 Å². The van der Waals surface area contributed by atoms with E-state index in [0.29, 0.717) is 17.8 Å². The summed E-state index contributed by atoms with van der Waals surface area (Å²) in [6.07, 6.45) is -0.432. The van der Waals surface area contributed by atoms with Crippen molar-refractivity contribution in [1.29, 1.82) is 0 Å². The maximum atomic E-state index is 10.6. The molecule has 2 aromatic carbocycles. The Kier molecular flexibility index (Phi) is 3.37. The lowest BCUT2D eigenvalue weighted by Gasteiger charge is -2.08. The molecule has 21 heavy (non-hydrogen) atoms. The molecule has 0 saturated heterocycles. The van der Waals surface area contributed by atoms with Crippen LogP contribution in [0.15, 0.2) is 48.5 Å². The minimum Gasteiger partial charge on any atom is -0.388 e. The minimum absolute atomic E-state index is 0.00897. The Bertz CT molecular complexity index is 747. The van der Waals surface area contributed by atoms with Crippen LogP contribution in [0.1, 0.15) is 17.5 Å². The van der Waals surface area contributed by atoms with Crippen molar-refractivity contribution in [2.75, 3.05) is 0 Å². The van der Waals surface area contributed by atoms with Crippen LogP contribution in [0.5, 0.6) is 0 Å². The lowest BCUT2D eigenvalue weighted by atomic mass is 10.1. The maximum Gasteiger partial charge on any atom is 0.269 e. The zero-order chi connectivity index (χ0) is 14.8. The summed E-state index contributed by atoms with van der Waals surface area (Å²) in [5, 5.41) is 20.8. The molecule has 1 aromatic heterocycles. The predicted molar refractivity (Wildman–Crippen MR) is 77.9 cm³/mol. The number of rotatable bonds is 4. The third-order valence-electron chi connectivity index (χ3n) is 3.31. The number of nitro benzene ring substituents is 1. The number of fused-ring (bicyclic) bond motifs is 1. The van der Waals surface area contributed by atoms with E-state index in [9.17, 15) is 15.2 Å². The summed E-state index contributed by atoms with van der Waals surface area (Å²) in [5.74, 6) is 0.682. The highest BCUT2D eigenvalue weighted by molar-refractivity contribution is 5.74. The molecule has 6 nitrogen and oxygen atoms in total. The van der Waals surface area contributed by atoms with Crippen LogP contribution in [-0.2, 0) is 6.42 Å². The van der Waals surface area contributed by atoms with Gasteiger partial charge in [-0.1, -0.05) is 12.1 Å². The zero-order valence-corrected chi connectivity index (χ0v) is 11.1. The van der Waals surface area contributed by atoms with Crippen LogP contribution in [0.2, 0.25) is 0 Å². The smallest absolute Gasteiger partial charge is 0.269 e. The van der Waals surface area contributed by atoms with E-state index >= 15 is 0 Å². The number of imidazole rings is 1. The van der Waals surface area contributed by atoms with Crippen molar-refractivity contribution in [3.05, 3.63) is 70.0 Å². The van der Waals surface area contributed by atoms with E-state index in [1.165, 1.54) is 12.1 Å². The summed E-state index contributed by atoms with van der Waals surface area (Å²) in [6.45, 7) is 0. The molecule has 1 unspecified atom stereocenters. The molecule has 3 aromatic rings. The van der Waals surface area contributed by atoms with E-state index in [-0.39, 0.29) is 5.69 Å². The number of para-hydroxylation sites is 2. The second-order valence-electron chi connectivity index (χ2n) is 4.77. The van der Waals surface area contributed by atoms with Crippen molar-refractivity contribution in [1.82, 2.24) is 9.97 Å². The number of aliphatic hydroxyl groups is 1. The van der Waals surface area contributed by atoms with E-state index in [2.05, 4.69) is 9.97 Å². The number of aromatic amines is 1. The van der Waals surface area contributed by atoms with Crippen molar-refractivity contribution in [2.45, 2.75) is 12.5 Å². The number of benzene rings is 2. The number of nitrogens with zero attached hydrogens (tertiary/aromatic N) is 2. The molecule has 6 heteroatoms. The van der Waals surface area contributed by atoms with E-state index in [4.69, 9.17) is 0 Å². The highest BCUT2D eigenvalue weighted by Gasteiger charge is 2.13. The Morgan fingerprint density at radius 2 is 1.90 bits per heavy atom.